The van der Waals surface area contributed by atoms with Gasteiger partial charge in [-0.1, -0.05) is 6.07 Å². The zero-order chi connectivity index (χ0) is 12.8. The molecule has 0 radical (unpaired) electrons. The van der Waals surface area contributed by atoms with Gasteiger partial charge in [0, 0.05) is 11.8 Å². The maximum absolute atomic E-state index is 11.6. The van der Waals surface area contributed by atoms with Crippen LogP contribution in [-0.2, 0) is 4.79 Å². The lowest BCUT2D eigenvalue weighted by Gasteiger charge is -2.06. The molecule has 1 rings (SSSR count). The van der Waals surface area contributed by atoms with Crippen molar-refractivity contribution in [3.05, 3.63) is 35.6 Å². The van der Waals surface area contributed by atoms with E-state index >= 15 is 0 Å². The summed E-state index contributed by atoms with van der Waals surface area (Å²) in [7, 11) is 1.51. The minimum atomic E-state index is -0.652. The Morgan fingerprint density at radius 1 is 1.53 bits per heavy atom. The maximum Gasteiger partial charge on any atom is 0.269 e. The van der Waals surface area contributed by atoms with Gasteiger partial charge in [0.1, 0.15) is 17.6 Å². The predicted octanol–water partition coefficient (Wildman–Crippen LogP) is 1.99. The molecular formula is C12H12N2O3. The molecule has 5 nitrogen and oxygen atoms in total. The van der Waals surface area contributed by atoms with Crippen molar-refractivity contribution in [3.63, 3.8) is 0 Å². The van der Waals surface area contributed by atoms with Crippen molar-refractivity contribution in [2.45, 2.75) is 6.92 Å². The van der Waals surface area contributed by atoms with Gasteiger partial charge in [0.2, 0.25) is 0 Å². The van der Waals surface area contributed by atoms with Gasteiger partial charge in [0.05, 0.1) is 7.11 Å². The van der Waals surface area contributed by atoms with Crippen molar-refractivity contribution in [3.8, 4) is 11.8 Å². The molecule has 0 fully saturated rings. The molecule has 0 saturated heterocycles. The van der Waals surface area contributed by atoms with Gasteiger partial charge in [0.25, 0.3) is 5.91 Å². The Bertz CT molecular complexity index is 497. The first-order chi connectivity index (χ1) is 8.08. The number of anilines is 1. The van der Waals surface area contributed by atoms with Crippen molar-refractivity contribution in [2.24, 2.45) is 0 Å². The van der Waals surface area contributed by atoms with E-state index in [1.807, 2.05) is 0 Å². The van der Waals surface area contributed by atoms with Crippen LogP contribution in [0.2, 0.25) is 0 Å². The number of carbonyl (C=O) groups excluding carboxylic acids is 1. The second-order valence-corrected chi connectivity index (χ2v) is 3.26. The smallest absolute Gasteiger partial charge is 0.269 e. The third-order valence-electron chi connectivity index (χ3n) is 2.03. The van der Waals surface area contributed by atoms with Crippen LogP contribution in [-0.4, -0.2) is 18.1 Å². The molecule has 0 saturated carbocycles. The molecule has 0 atom stereocenters. The fourth-order valence-corrected chi connectivity index (χ4v) is 1.19. The first-order valence-corrected chi connectivity index (χ1v) is 4.84. The van der Waals surface area contributed by atoms with Crippen LogP contribution in [0.25, 0.3) is 0 Å². The fourth-order valence-electron chi connectivity index (χ4n) is 1.19. The number of hydrogen-bond acceptors (Lipinski definition) is 4. The molecule has 0 bridgehead atoms. The van der Waals surface area contributed by atoms with E-state index in [0.29, 0.717) is 11.4 Å². The molecule has 0 aromatic heterocycles. The van der Waals surface area contributed by atoms with Gasteiger partial charge < -0.3 is 15.2 Å². The number of methoxy groups -OCH3 is 1. The van der Waals surface area contributed by atoms with Crippen molar-refractivity contribution in [1.82, 2.24) is 0 Å². The zero-order valence-electron chi connectivity index (χ0n) is 9.52. The fraction of sp³-hybridized carbons (Fsp3) is 0.167. The largest absolute Gasteiger partial charge is 0.511 e. The number of benzene rings is 1. The Hall–Kier alpha value is -2.48. The highest BCUT2D eigenvalue weighted by molar-refractivity contribution is 6.06. The lowest BCUT2D eigenvalue weighted by molar-refractivity contribution is -0.112. The number of nitrogens with zero attached hydrogens (tertiary/aromatic N) is 1. The third-order valence-corrected chi connectivity index (χ3v) is 2.03. The van der Waals surface area contributed by atoms with E-state index in [1.165, 1.54) is 14.0 Å². The van der Waals surface area contributed by atoms with Crippen LogP contribution >= 0.6 is 0 Å². The molecule has 1 aromatic carbocycles. The summed E-state index contributed by atoms with van der Waals surface area (Å²) in [5.74, 6) is -0.375. The molecule has 1 amide bonds. The number of hydrogen-bond donors (Lipinski definition) is 2. The number of aliphatic hydroxyl groups excluding tert-OH is 1. The summed E-state index contributed by atoms with van der Waals surface area (Å²) in [6.45, 7) is 1.28. The van der Waals surface area contributed by atoms with Crippen LogP contribution in [0.15, 0.2) is 35.6 Å². The minimum Gasteiger partial charge on any atom is -0.511 e. The molecule has 1 aromatic rings. The monoisotopic (exact) mass is 232 g/mol. The maximum atomic E-state index is 11.6. The molecule has 0 heterocycles. The normalized spacial score (nSPS) is 11.1. The summed E-state index contributed by atoms with van der Waals surface area (Å²) >= 11 is 0. The number of nitrogens with one attached hydrogen (secondary N) is 1. The van der Waals surface area contributed by atoms with E-state index < -0.39 is 5.91 Å². The highest BCUT2D eigenvalue weighted by Gasteiger charge is 2.12. The Kier molecular flexibility index (Phi) is 4.12. The van der Waals surface area contributed by atoms with Crippen molar-refractivity contribution in [1.29, 1.82) is 5.26 Å². The Morgan fingerprint density at radius 3 is 2.76 bits per heavy atom. The van der Waals surface area contributed by atoms with Crippen LogP contribution in [0, 0.1) is 11.3 Å². The topological polar surface area (TPSA) is 82.3 Å². The zero-order valence-corrected chi connectivity index (χ0v) is 9.52. The molecule has 88 valence electrons. The first kappa shape index (κ1) is 12.6. The minimum absolute atomic E-state index is 0.312. The standard InChI is InChI=1S/C12H12N2O3/c1-8(15)11(7-13)12(16)14-9-4-3-5-10(6-9)17-2/h3-6,15H,1-2H3,(H,14,16). The first-order valence-electron chi connectivity index (χ1n) is 4.84. The molecule has 17 heavy (non-hydrogen) atoms. The molecular weight excluding hydrogens is 220 g/mol. The molecule has 2 N–H and O–H groups in total. The van der Waals surface area contributed by atoms with Crippen LogP contribution in [0.5, 0.6) is 5.75 Å². The molecule has 0 aliphatic rings. The lowest BCUT2D eigenvalue weighted by atomic mass is 10.2. The number of amides is 1. The number of nitriles is 1. The Labute approximate surface area is 98.9 Å². The van der Waals surface area contributed by atoms with E-state index in [1.54, 1.807) is 30.3 Å². The Morgan fingerprint density at radius 2 is 2.24 bits per heavy atom. The van der Waals surface area contributed by atoms with E-state index in [-0.39, 0.29) is 11.3 Å². The Balaban J connectivity index is 2.89. The second kappa shape index (κ2) is 5.56. The van der Waals surface area contributed by atoms with E-state index in [0.717, 1.165) is 0 Å². The number of aliphatic hydroxyl groups is 1. The number of allylic oxidation sites excluding steroid dienone is 1. The van der Waals surface area contributed by atoms with E-state index in [4.69, 9.17) is 15.1 Å². The molecule has 5 heteroatoms. The second-order valence-electron chi connectivity index (χ2n) is 3.26. The molecule has 0 aliphatic heterocycles. The predicted molar refractivity (Wildman–Crippen MR) is 62.6 cm³/mol. The quantitative estimate of drug-likeness (QED) is 0.474. The molecule has 0 spiro atoms. The van der Waals surface area contributed by atoms with Crippen molar-refractivity contribution in [2.75, 3.05) is 12.4 Å². The van der Waals surface area contributed by atoms with Gasteiger partial charge >= 0.3 is 0 Å². The highest BCUT2D eigenvalue weighted by Crippen LogP contribution is 2.17. The summed E-state index contributed by atoms with van der Waals surface area (Å²) in [5.41, 5.74) is 0.177. The molecule has 0 aliphatic carbocycles. The van der Waals surface area contributed by atoms with Gasteiger partial charge in [-0.15, -0.1) is 0 Å². The number of carbonyl (C=O) groups is 1. The third kappa shape index (κ3) is 3.24. The van der Waals surface area contributed by atoms with Crippen LogP contribution < -0.4 is 10.1 Å². The van der Waals surface area contributed by atoms with Crippen molar-refractivity contribution >= 4 is 11.6 Å². The summed E-state index contributed by atoms with van der Waals surface area (Å²) in [5, 5.41) is 20.3. The summed E-state index contributed by atoms with van der Waals surface area (Å²) in [4.78, 5) is 11.6. The van der Waals surface area contributed by atoms with Gasteiger partial charge in [-0.05, 0) is 19.1 Å². The number of ether oxygens (including phenoxy) is 1. The van der Waals surface area contributed by atoms with Crippen LogP contribution in [0.1, 0.15) is 6.92 Å². The van der Waals surface area contributed by atoms with Gasteiger partial charge in [-0.3, -0.25) is 4.79 Å². The van der Waals surface area contributed by atoms with Crippen molar-refractivity contribution < 1.29 is 14.6 Å². The summed E-state index contributed by atoms with van der Waals surface area (Å²) in [6, 6.07) is 8.34. The average Bonchev–Trinajstić information content (AvgIpc) is 2.29. The lowest BCUT2D eigenvalue weighted by Crippen LogP contribution is -2.14. The van der Waals surface area contributed by atoms with E-state index in [2.05, 4.69) is 5.32 Å². The number of rotatable bonds is 3. The summed E-state index contributed by atoms with van der Waals surface area (Å²) in [6.07, 6.45) is 0. The summed E-state index contributed by atoms with van der Waals surface area (Å²) < 4.78 is 4.99. The van der Waals surface area contributed by atoms with Gasteiger partial charge in [-0.25, -0.2) is 0 Å². The molecule has 0 unspecified atom stereocenters. The average molecular weight is 232 g/mol. The SMILES string of the molecule is COc1cccc(NC(=O)C(C#N)=C(C)O)c1. The van der Waals surface area contributed by atoms with Gasteiger partial charge in [-0.2, -0.15) is 5.26 Å². The van der Waals surface area contributed by atoms with Gasteiger partial charge in [0.15, 0.2) is 5.57 Å². The van der Waals surface area contributed by atoms with Crippen LogP contribution in [0.4, 0.5) is 5.69 Å². The van der Waals surface area contributed by atoms with Crippen LogP contribution in [0.3, 0.4) is 0 Å². The van der Waals surface area contributed by atoms with E-state index in [9.17, 15) is 4.79 Å². The highest BCUT2D eigenvalue weighted by atomic mass is 16.5.